The van der Waals surface area contributed by atoms with Gasteiger partial charge in [0.05, 0.1) is 5.56 Å². The standard InChI is InChI=1S/C26H33FN4O2/c1-17-8-9-21(14-28-17)25(32)29-24-13-23(27)12-22(19(24)3)16-30-10-11-31(18(2)15-30)26(33)20-6-4-5-7-20/h8-9,12-14,18,20H,4-7,10-11,15-16H2,1-3H3,(H,29,32)/t18-/m0/s1. The molecule has 1 N–H and O–H groups in total. The number of carbonyl (C=O) groups excluding carboxylic acids is 2. The molecule has 1 atom stereocenters. The summed E-state index contributed by atoms with van der Waals surface area (Å²) in [6.45, 7) is 8.65. The normalized spacial score (nSPS) is 19.6. The van der Waals surface area contributed by atoms with E-state index >= 15 is 0 Å². The van der Waals surface area contributed by atoms with Gasteiger partial charge in [-0.1, -0.05) is 12.8 Å². The van der Waals surface area contributed by atoms with Gasteiger partial charge in [-0.3, -0.25) is 19.5 Å². The Balaban J connectivity index is 1.42. The molecule has 6 nitrogen and oxygen atoms in total. The number of carbonyl (C=O) groups is 2. The molecule has 1 saturated carbocycles. The fourth-order valence-electron chi connectivity index (χ4n) is 4.98. The fraction of sp³-hybridized carbons (Fsp3) is 0.500. The molecule has 176 valence electrons. The van der Waals surface area contributed by atoms with Crippen LogP contribution in [-0.4, -0.2) is 52.3 Å². The number of nitrogens with zero attached hydrogens (tertiary/aromatic N) is 3. The topological polar surface area (TPSA) is 65.5 Å². The van der Waals surface area contributed by atoms with Crippen molar-refractivity contribution >= 4 is 17.5 Å². The number of benzene rings is 1. The highest BCUT2D eigenvalue weighted by Gasteiger charge is 2.33. The Morgan fingerprint density at radius 1 is 1.15 bits per heavy atom. The second kappa shape index (κ2) is 10.00. The van der Waals surface area contributed by atoms with Crippen LogP contribution < -0.4 is 5.32 Å². The summed E-state index contributed by atoms with van der Waals surface area (Å²) in [5, 5.41) is 2.84. The lowest BCUT2D eigenvalue weighted by molar-refractivity contribution is -0.140. The quantitative estimate of drug-likeness (QED) is 0.734. The molecule has 0 spiro atoms. The summed E-state index contributed by atoms with van der Waals surface area (Å²) in [5.41, 5.74) is 3.42. The molecule has 1 saturated heterocycles. The molecule has 1 aliphatic heterocycles. The van der Waals surface area contributed by atoms with Crippen LogP contribution in [0.4, 0.5) is 10.1 Å². The van der Waals surface area contributed by atoms with E-state index in [0.717, 1.165) is 55.6 Å². The van der Waals surface area contributed by atoms with E-state index in [4.69, 9.17) is 0 Å². The van der Waals surface area contributed by atoms with Gasteiger partial charge in [0.15, 0.2) is 0 Å². The summed E-state index contributed by atoms with van der Waals surface area (Å²) >= 11 is 0. The zero-order valence-corrected chi connectivity index (χ0v) is 19.7. The summed E-state index contributed by atoms with van der Waals surface area (Å²) < 4.78 is 14.4. The van der Waals surface area contributed by atoms with Crippen molar-refractivity contribution in [3.63, 3.8) is 0 Å². The number of anilines is 1. The van der Waals surface area contributed by atoms with Crippen LogP contribution in [0.1, 0.15) is 59.8 Å². The van der Waals surface area contributed by atoms with Crippen LogP contribution in [0.3, 0.4) is 0 Å². The molecule has 1 aliphatic carbocycles. The lowest BCUT2D eigenvalue weighted by Crippen LogP contribution is -2.54. The van der Waals surface area contributed by atoms with Crippen LogP contribution in [0.2, 0.25) is 0 Å². The predicted molar refractivity (Wildman–Crippen MR) is 126 cm³/mol. The zero-order chi connectivity index (χ0) is 23.5. The Hall–Kier alpha value is -2.80. The maximum atomic E-state index is 14.4. The molecule has 0 radical (unpaired) electrons. The number of nitrogens with one attached hydrogen (secondary N) is 1. The summed E-state index contributed by atoms with van der Waals surface area (Å²) in [6.07, 6.45) is 5.86. The molecule has 7 heteroatoms. The smallest absolute Gasteiger partial charge is 0.257 e. The van der Waals surface area contributed by atoms with Crippen LogP contribution in [0, 0.1) is 25.6 Å². The van der Waals surface area contributed by atoms with Crippen molar-refractivity contribution < 1.29 is 14.0 Å². The first kappa shape index (κ1) is 23.4. The van der Waals surface area contributed by atoms with Gasteiger partial charge < -0.3 is 10.2 Å². The van der Waals surface area contributed by atoms with Crippen molar-refractivity contribution in [1.82, 2.24) is 14.8 Å². The average Bonchev–Trinajstić information content (AvgIpc) is 3.32. The number of halogens is 1. The first-order chi connectivity index (χ1) is 15.8. The van der Waals surface area contributed by atoms with Crippen molar-refractivity contribution in [3.05, 3.63) is 58.7 Å². The van der Waals surface area contributed by atoms with Gasteiger partial charge in [-0.25, -0.2) is 4.39 Å². The van der Waals surface area contributed by atoms with Crippen molar-refractivity contribution in [1.29, 1.82) is 0 Å². The second-order valence-electron chi connectivity index (χ2n) is 9.48. The number of amides is 2. The molecule has 4 rings (SSSR count). The number of pyridine rings is 1. The number of hydrogen-bond donors (Lipinski definition) is 1. The Morgan fingerprint density at radius 2 is 1.91 bits per heavy atom. The van der Waals surface area contributed by atoms with Gasteiger partial charge >= 0.3 is 0 Å². The zero-order valence-electron chi connectivity index (χ0n) is 19.7. The summed E-state index contributed by atoms with van der Waals surface area (Å²) in [5.74, 6) is -0.192. The third kappa shape index (κ3) is 5.41. The molecule has 2 amide bonds. The summed E-state index contributed by atoms with van der Waals surface area (Å²) in [7, 11) is 0. The highest BCUT2D eigenvalue weighted by atomic mass is 19.1. The number of piperazine rings is 1. The number of hydrogen-bond acceptors (Lipinski definition) is 4. The SMILES string of the molecule is Cc1ccc(C(=O)Nc2cc(F)cc(CN3CCN(C(=O)C4CCCC4)[C@@H](C)C3)c2C)cn1. The van der Waals surface area contributed by atoms with E-state index in [2.05, 4.69) is 22.1 Å². The first-order valence-electron chi connectivity index (χ1n) is 11.9. The summed E-state index contributed by atoms with van der Waals surface area (Å²) in [6, 6.07) is 6.52. The van der Waals surface area contributed by atoms with Gasteiger partial charge in [0.25, 0.3) is 5.91 Å². The maximum Gasteiger partial charge on any atom is 0.257 e. The number of aryl methyl sites for hydroxylation is 1. The first-order valence-corrected chi connectivity index (χ1v) is 11.9. The van der Waals surface area contributed by atoms with Gasteiger partial charge in [0.2, 0.25) is 5.91 Å². The second-order valence-corrected chi connectivity index (χ2v) is 9.48. The average molecular weight is 453 g/mol. The van der Waals surface area contributed by atoms with Crippen LogP contribution >= 0.6 is 0 Å². The minimum absolute atomic E-state index is 0.133. The van der Waals surface area contributed by atoms with E-state index in [9.17, 15) is 14.0 Å². The minimum Gasteiger partial charge on any atom is -0.337 e. The maximum absolute atomic E-state index is 14.4. The third-order valence-corrected chi connectivity index (χ3v) is 6.99. The van der Waals surface area contributed by atoms with E-state index in [1.165, 1.54) is 12.3 Å². The molecule has 2 fully saturated rings. The van der Waals surface area contributed by atoms with E-state index in [-0.39, 0.29) is 23.7 Å². The molecule has 2 aliphatic rings. The molecule has 2 heterocycles. The van der Waals surface area contributed by atoms with Crippen LogP contribution in [0.25, 0.3) is 0 Å². The monoisotopic (exact) mass is 452 g/mol. The van der Waals surface area contributed by atoms with Crippen molar-refractivity contribution in [3.8, 4) is 0 Å². The highest BCUT2D eigenvalue weighted by Crippen LogP contribution is 2.29. The lowest BCUT2D eigenvalue weighted by atomic mass is 10.0. The van der Waals surface area contributed by atoms with E-state index in [0.29, 0.717) is 30.2 Å². The minimum atomic E-state index is -0.379. The largest absolute Gasteiger partial charge is 0.337 e. The van der Waals surface area contributed by atoms with Gasteiger partial charge in [0.1, 0.15) is 5.82 Å². The molecule has 0 unspecified atom stereocenters. The lowest BCUT2D eigenvalue weighted by Gasteiger charge is -2.41. The van der Waals surface area contributed by atoms with Crippen LogP contribution in [0.15, 0.2) is 30.5 Å². The Labute approximate surface area is 195 Å². The molecule has 1 aromatic carbocycles. The van der Waals surface area contributed by atoms with E-state index in [1.807, 2.05) is 18.7 Å². The predicted octanol–water partition coefficient (Wildman–Crippen LogP) is 4.31. The number of rotatable bonds is 5. The Morgan fingerprint density at radius 3 is 2.58 bits per heavy atom. The van der Waals surface area contributed by atoms with E-state index in [1.54, 1.807) is 18.2 Å². The fourth-order valence-corrected chi connectivity index (χ4v) is 4.98. The van der Waals surface area contributed by atoms with Crippen molar-refractivity contribution in [2.45, 2.75) is 59.0 Å². The highest BCUT2D eigenvalue weighted by molar-refractivity contribution is 6.04. The van der Waals surface area contributed by atoms with E-state index < -0.39 is 0 Å². The molecule has 0 bridgehead atoms. The van der Waals surface area contributed by atoms with Crippen LogP contribution in [0.5, 0.6) is 0 Å². The molecular weight excluding hydrogens is 419 g/mol. The van der Waals surface area contributed by atoms with Gasteiger partial charge in [-0.05, 0) is 69.0 Å². The molecule has 1 aromatic heterocycles. The summed E-state index contributed by atoms with van der Waals surface area (Å²) in [4.78, 5) is 33.9. The van der Waals surface area contributed by atoms with Crippen molar-refractivity contribution in [2.24, 2.45) is 5.92 Å². The molecule has 2 aromatic rings. The number of aromatic nitrogens is 1. The van der Waals surface area contributed by atoms with Crippen molar-refractivity contribution in [2.75, 3.05) is 25.0 Å². The molecule has 33 heavy (non-hydrogen) atoms. The Bertz CT molecular complexity index is 1020. The van der Waals surface area contributed by atoms with Gasteiger partial charge in [0, 0.05) is 55.7 Å². The molecular formula is C26H33FN4O2. The van der Waals surface area contributed by atoms with Gasteiger partial charge in [-0.2, -0.15) is 0 Å². The van der Waals surface area contributed by atoms with Gasteiger partial charge in [-0.15, -0.1) is 0 Å². The third-order valence-electron chi connectivity index (χ3n) is 6.99. The Kier molecular flexibility index (Phi) is 7.08. The van der Waals surface area contributed by atoms with Crippen LogP contribution in [-0.2, 0) is 11.3 Å².